The first kappa shape index (κ1) is 26.7. The van der Waals surface area contributed by atoms with Crippen LogP contribution >= 0.6 is 11.3 Å². The van der Waals surface area contributed by atoms with Gasteiger partial charge in [-0.3, -0.25) is 15.1 Å². The zero-order valence-corrected chi connectivity index (χ0v) is 21.1. The van der Waals surface area contributed by atoms with Crippen LogP contribution in [-0.2, 0) is 6.54 Å². The number of alkyl halides is 2. The Bertz CT molecular complexity index is 1230. The van der Waals surface area contributed by atoms with Gasteiger partial charge in [-0.2, -0.15) is 0 Å². The Morgan fingerprint density at radius 3 is 2.78 bits per heavy atom. The molecule has 0 fully saturated rings. The van der Waals surface area contributed by atoms with Crippen molar-refractivity contribution in [2.75, 3.05) is 37.8 Å². The second-order valence-corrected chi connectivity index (χ2v) is 9.48. The summed E-state index contributed by atoms with van der Waals surface area (Å²) in [5, 5.41) is 19.3. The summed E-state index contributed by atoms with van der Waals surface area (Å²) in [6.45, 7) is 2.00. The van der Waals surface area contributed by atoms with Crippen molar-refractivity contribution in [1.29, 1.82) is 0 Å². The zero-order valence-electron chi connectivity index (χ0n) is 20.3. The number of anilines is 2. The third-order valence-electron chi connectivity index (χ3n) is 5.39. The number of amides is 1. The van der Waals surface area contributed by atoms with Crippen molar-refractivity contribution in [1.82, 2.24) is 20.2 Å². The van der Waals surface area contributed by atoms with Crippen LogP contribution in [0, 0.1) is 0 Å². The van der Waals surface area contributed by atoms with Gasteiger partial charge in [0, 0.05) is 24.5 Å². The number of ether oxygens (including phenoxy) is 2. The number of aliphatic hydroxyl groups excluding tert-OH is 1. The van der Waals surface area contributed by atoms with Gasteiger partial charge < -0.3 is 30.1 Å². The van der Waals surface area contributed by atoms with Crippen molar-refractivity contribution in [3.8, 4) is 11.5 Å². The van der Waals surface area contributed by atoms with Crippen LogP contribution in [0.25, 0.3) is 0 Å². The highest BCUT2D eigenvalue weighted by Crippen LogP contribution is 2.42. The maximum Gasteiger partial charge on any atom is 0.586 e. The molecular formula is C24H28F2N6O4S. The minimum Gasteiger partial charge on any atom is -0.395 e. The number of aromatic nitrogens is 2. The molecule has 1 amide bonds. The fourth-order valence-electron chi connectivity index (χ4n) is 3.58. The standard InChI is InChI=1S/C24H28F2N6O4S/c1-32(2)10-4-3-8-28-22(33)17-11-15(7-9-27-17)13-29-21-20(37-14-30-21)23(34)31-16-5-6-18-19(12-16)36-24(25,26)35-18/h5-7,9,11-12,14,22,28-29,33H,3-4,8,10,13H2,1-2H3,(H,31,34). The lowest BCUT2D eigenvalue weighted by molar-refractivity contribution is -0.286. The summed E-state index contributed by atoms with van der Waals surface area (Å²) < 4.78 is 35.3. The van der Waals surface area contributed by atoms with Crippen molar-refractivity contribution < 1.29 is 28.2 Å². The Morgan fingerprint density at radius 2 is 1.97 bits per heavy atom. The smallest absolute Gasteiger partial charge is 0.395 e. The molecule has 4 N–H and O–H groups in total. The predicted octanol–water partition coefficient (Wildman–Crippen LogP) is 3.65. The van der Waals surface area contributed by atoms with Crippen LogP contribution in [0.15, 0.2) is 42.0 Å². The fraction of sp³-hybridized carbons (Fsp3) is 0.375. The predicted molar refractivity (Wildman–Crippen MR) is 135 cm³/mol. The van der Waals surface area contributed by atoms with Crippen molar-refractivity contribution in [3.63, 3.8) is 0 Å². The van der Waals surface area contributed by atoms with E-state index in [1.807, 2.05) is 14.1 Å². The SMILES string of the molecule is CN(C)CCCCNC(O)c1cc(CNc2ncsc2C(=O)Nc2ccc3c(c2)OC(F)(F)O3)ccn1. The third-order valence-corrected chi connectivity index (χ3v) is 6.21. The molecule has 4 rings (SSSR count). The molecule has 0 bridgehead atoms. The lowest BCUT2D eigenvalue weighted by Crippen LogP contribution is -2.25. The van der Waals surface area contributed by atoms with E-state index < -0.39 is 18.4 Å². The van der Waals surface area contributed by atoms with Crippen LogP contribution in [0.1, 0.15) is 40.0 Å². The summed E-state index contributed by atoms with van der Waals surface area (Å²) in [5.41, 5.74) is 3.14. The Morgan fingerprint density at radius 1 is 1.16 bits per heavy atom. The lowest BCUT2D eigenvalue weighted by Gasteiger charge is -2.14. The molecule has 2 aromatic heterocycles. The first-order valence-electron chi connectivity index (χ1n) is 11.6. The number of hydrogen-bond donors (Lipinski definition) is 4. The van der Waals surface area contributed by atoms with E-state index in [-0.39, 0.29) is 17.2 Å². The van der Waals surface area contributed by atoms with Crippen molar-refractivity contribution in [2.45, 2.75) is 31.9 Å². The molecule has 3 heterocycles. The van der Waals surface area contributed by atoms with Gasteiger partial charge in [0.15, 0.2) is 11.5 Å². The molecule has 13 heteroatoms. The van der Waals surface area contributed by atoms with Crippen molar-refractivity contribution >= 4 is 28.7 Å². The van der Waals surface area contributed by atoms with E-state index in [1.165, 1.54) is 23.7 Å². The zero-order chi connectivity index (χ0) is 26.4. The fourth-order valence-corrected chi connectivity index (χ4v) is 4.24. The number of nitrogens with one attached hydrogen (secondary N) is 3. The number of carbonyl (C=O) groups is 1. The topological polar surface area (TPSA) is 121 Å². The molecule has 0 saturated heterocycles. The molecule has 3 aromatic rings. The Hall–Kier alpha value is -3.39. The summed E-state index contributed by atoms with van der Waals surface area (Å²) >= 11 is 1.13. The summed E-state index contributed by atoms with van der Waals surface area (Å²) in [7, 11) is 4.05. The Balaban J connectivity index is 1.31. The summed E-state index contributed by atoms with van der Waals surface area (Å²) in [5.74, 6) is -0.360. The summed E-state index contributed by atoms with van der Waals surface area (Å²) in [4.78, 5) is 23.7. The minimum atomic E-state index is -3.73. The maximum atomic E-state index is 13.2. The number of fused-ring (bicyclic) bond motifs is 1. The van der Waals surface area contributed by atoms with Crippen molar-refractivity contribution in [3.05, 3.63) is 58.2 Å². The molecule has 1 atom stereocenters. The van der Waals surface area contributed by atoms with E-state index >= 15 is 0 Å². The van der Waals surface area contributed by atoms with E-state index in [9.17, 15) is 18.7 Å². The van der Waals surface area contributed by atoms with Crippen LogP contribution in [-0.4, -0.2) is 59.4 Å². The number of hydrogen-bond acceptors (Lipinski definition) is 10. The van der Waals surface area contributed by atoms with Gasteiger partial charge in [-0.25, -0.2) is 4.98 Å². The first-order valence-corrected chi connectivity index (χ1v) is 12.5. The molecule has 1 aromatic carbocycles. The van der Waals surface area contributed by atoms with Crippen LogP contribution in [0.3, 0.4) is 0 Å². The van der Waals surface area contributed by atoms with Crippen LogP contribution in [0.5, 0.6) is 11.5 Å². The maximum absolute atomic E-state index is 13.2. The van der Waals surface area contributed by atoms with E-state index in [4.69, 9.17) is 0 Å². The Labute approximate surface area is 216 Å². The molecule has 1 aliphatic heterocycles. The lowest BCUT2D eigenvalue weighted by atomic mass is 10.2. The number of unbranched alkanes of at least 4 members (excludes halogenated alkanes) is 1. The highest BCUT2D eigenvalue weighted by Gasteiger charge is 2.43. The molecule has 1 unspecified atom stereocenters. The van der Waals surface area contributed by atoms with E-state index in [1.54, 1.807) is 18.3 Å². The van der Waals surface area contributed by atoms with Gasteiger partial charge in [0.25, 0.3) is 5.91 Å². The summed E-state index contributed by atoms with van der Waals surface area (Å²) in [6, 6.07) is 7.58. The first-order chi connectivity index (χ1) is 17.7. The molecule has 10 nitrogen and oxygen atoms in total. The van der Waals surface area contributed by atoms with Gasteiger partial charge in [-0.15, -0.1) is 20.1 Å². The van der Waals surface area contributed by atoms with Gasteiger partial charge in [0.05, 0.1) is 11.2 Å². The average Bonchev–Trinajstić information content (AvgIpc) is 3.44. The molecule has 0 saturated carbocycles. The number of halogens is 2. The van der Waals surface area contributed by atoms with Gasteiger partial charge >= 0.3 is 6.29 Å². The minimum absolute atomic E-state index is 0.107. The quantitative estimate of drug-likeness (QED) is 0.204. The largest absolute Gasteiger partial charge is 0.586 e. The molecule has 37 heavy (non-hydrogen) atoms. The third kappa shape index (κ3) is 7.32. The number of carbonyl (C=O) groups excluding carboxylic acids is 1. The monoisotopic (exact) mass is 534 g/mol. The molecule has 198 valence electrons. The van der Waals surface area contributed by atoms with Crippen LogP contribution in [0.4, 0.5) is 20.3 Å². The number of aliphatic hydroxyl groups is 1. The Kier molecular flexibility index (Phi) is 8.48. The number of rotatable bonds is 12. The molecule has 0 spiro atoms. The number of benzene rings is 1. The molecular weight excluding hydrogens is 506 g/mol. The van der Waals surface area contributed by atoms with E-state index in [2.05, 4.69) is 40.3 Å². The van der Waals surface area contributed by atoms with Crippen LogP contribution in [0.2, 0.25) is 0 Å². The number of nitrogens with zero attached hydrogens (tertiary/aromatic N) is 3. The highest BCUT2D eigenvalue weighted by atomic mass is 32.1. The number of pyridine rings is 1. The van der Waals surface area contributed by atoms with Crippen molar-refractivity contribution in [2.24, 2.45) is 0 Å². The van der Waals surface area contributed by atoms with Gasteiger partial charge in [-0.1, -0.05) is 0 Å². The molecule has 1 aliphatic rings. The van der Waals surface area contributed by atoms with E-state index in [0.29, 0.717) is 29.5 Å². The molecule has 0 aliphatic carbocycles. The van der Waals surface area contributed by atoms with Gasteiger partial charge in [-0.05, 0) is 69.9 Å². The second kappa shape index (κ2) is 11.8. The highest BCUT2D eigenvalue weighted by molar-refractivity contribution is 7.12. The van der Waals surface area contributed by atoms with Crippen LogP contribution < -0.4 is 25.4 Å². The van der Waals surface area contributed by atoms with Gasteiger partial charge in [0.2, 0.25) is 0 Å². The summed E-state index contributed by atoms with van der Waals surface area (Å²) in [6.07, 6.45) is -1.05. The normalized spacial score (nSPS) is 14.5. The second-order valence-electron chi connectivity index (χ2n) is 8.62. The number of thiazole rings is 1. The molecule has 0 radical (unpaired) electrons. The van der Waals surface area contributed by atoms with Gasteiger partial charge in [0.1, 0.15) is 16.9 Å². The van der Waals surface area contributed by atoms with E-state index in [0.717, 1.165) is 36.3 Å². The average molecular weight is 535 g/mol.